The summed E-state index contributed by atoms with van der Waals surface area (Å²) >= 11 is 0. The number of carbonyl (C=O) groups is 1. The summed E-state index contributed by atoms with van der Waals surface area (Å²) in [6, 6.07) is 3.09. The van der Waals surface area contributed by atoms with Gasteiger partial charge in [-0.3, -0.25) is 9.78 Å². The number of nitrogens with zero attached hydrogens (tertiary/aromatic N) is 2. The molecule has 13 heavy (non-hydrogen) atoms. The average molecular weight is 179 g/mol. The summed E-state index contributed by atoms with van der Waals surface area (Å²) in [5, 5.41) is 12.8. The molecule has 0 unspecified atom stereocenters. The molecular weight excluding hydrogens is 170 g/mol. The van der Waals surface area contributed by atoms with Gasteiger partial charge in [0, 0.05) is 13.1 Å². The molecule has 0 bridgehead atoms. The normalized spacial score (nSPS) is 10.2. The van der Waals surface area contributed by atoms with Gasteiger partial charge in [-0.25, -0.2) is 5.43 Å². The smallest absolute Gasteiger partial charge is 0.236 e. The molecule has 0 aliphatic rings. The Morgan fingerprint density at radius 2 is 2.54 bits per heavy atom. The molecule has 0 aliphatic heterocycles. The van der Waals surface area contributed by atoms with Crippen molar-refractivity contribution in [3.8, 4) is 5.75 Å². The minimum Gasteiger partial charge on any atom is -0.506 e. The number of aromatic hydroxyl groups is 1. The van der Waals surface area contributed by atoms with Crippen LogP contribution in [0.25, 0.3) is 0 Å². The number of hydrazone groups is 1. The second kappa shape index (κ2) is 4.20. The first-order valence-corrected chi connectivity index (χ1v) is 3.64. The van der Waals surface area contributed by atoms with Crippen LogP contribution < -0.4 is 5.43 Å². The van der Waals surface area contributed by atoms with Gasteiger partial charge < -0.3 is 5.11 Å². The summed E-state index contributed by atoms with van der Waals surface area (Å²) in [5.41, 5.74) is 2.52. The zero-order chi connectivity index (χ0) is 9.68. The molecule has 0 aromatic carbocycles. The van der Waals surface area contributed by atoms with E-state index in [9.17, 15) is 9.90 Å². The van der Waals surface area contributed by atoms with Crippen LogP contribution in [0.5, 0.6) is 5.75 Å². The summed E-state index contributed by atoms with van der Waals surface area (Å²) in [5.74, 6) is -0.247. The van der Waals surface area contributed by atoms with Crippen molar-refractivity contribution in [2.45, 2.75) is 6.92 Å². The second-order valence-electron chi connectivity index (χ2n) is 2.33. The van der Waals surface area contributed by atoms with E-state index in [1.54, 1.807) is 6.07 Å². The van der Waals surface area contributed by atoms with Crippen LogP contribution in [0.4, 0.5) is 0 Å². The molecule has 68 valence electrons. The van der Waals surface area contributed by atoms with E-state index in [4.69, 9.17) is 0 Å². The first kappa shape index (κ1) is 9.18. The average Bonchev–Trinajstić information content (AvgIpc) is 2.08. The second-order valence-corrected chi connectivity index (χ2v) is 2.33. The molecule has 1 amide bonds. The Balaban J connectivity index is 2.68. The maximum absolute atomic E-state index is 10.4. The summed E-state index contributed by atoms with van der Waals surface area (Å²) < 4.78 is 0. The van der Waals surface area contributed by atoms with E-state index in [-0.39, 0.29) is 11.7 Å². The SMILES string of the molecule is CC(=O)N/N=C/c1ncccc1O. The van der Waals surface area contributed by atoms with E-state index < -0.39 is 0 Å². The Bertz CT molecular complexity index is 336. The van der Waals surface area contributed by atoms with Crippen LogP contribution in [0.2, 0.25) is 0 Å². The molecule has 0 saturated heterocycles. The van der Waals surface area contributed by atoms with Crippen molar-refractivity contribution in [1.29, 1.82) is 0 Å². The number of rotatable bonds is 2. The molecule has 0 radical (unpaired) electrons. The van der Waals surface area contributed by atoms with Crippen LogP contribution in [0.1, 0.15) is 12.6 Å². The Morgan fingerprint density at radius 3 is 3.15 bits per heavy atom. The van der Waals surface area contributed by atoms with Gasteiger partial charge in [-0.15, -0.1) is 0 Å². The number of hydrogen-bond donors (Lipinski definition) is 2. The summed E-state index contributed by atoms with van der Waals surface area (Å²) in [4.78, 5) is 14.2. The minimum atomic E-state index is -0.272. The van der Waals surface area contributed by atoms with Crippen LogP contribution in [0.3, 0.4) is 0 Å². The zero-order valence-corrected chi connectivity index (χ0v) is 7.06. The predicted octanol–water partition coefficient (Wildman–Crippen LogP) is 0.257. The Kier molecular flexibility index (Phi) is 2.97. The van der Waals surface area contributed by atoms with Crippen molar-refractivity contribution in [3.63, 3.8) is 0 Å². The van der Waals surface area contributed by atoms with Crippen LogP contribution >= 0.6 is 0 Å². The van der Waals surface area contributed by atoms with Crippen molar-refractivity contribution < 1.29 is 9.90 Å². The highest BCUT2D eigenvalue weighted by Crippen LogP contribution is 2.08. The topological polar surface area (TPSA) is 74.6 Å². The molecule has 1 rings (SSSR count). The van der Waals surface area contributed by atoms with Gasteiger partial charge in [0.05, 0.1) is 6.21 Å². The highest BCUT2D eigenvalue weighted by atomic mass is 16.3. The lowest BCUT2D eigenvalue weighted by Gasteiger charge is -1.95. The van der Waals surface area contributed by atoms with Gasteiger partial charge in [-0.05, 0) is 12.1 Å². The third-order valence-corrected chi connectivity index (χ3v) is 1.23. The van der Waals surface area contributed by atoms with Gasteiger partial charge in [-0.2, -0.15) is 5.10 Å². The third kappa shape index (κ3) is 2.90. The van der Waals surface area contributed by atoms with Gasteiger partial charge in [-0.1, -0.05) is 0 Å². The van der Waals surface area contributed by atoms with E-state index in [2.05, 4.69) is 15.5 Å². The van der Waals surface area contributed by atoms with Crippen molar-refractivity contribution in [2.24, 2.45) is 5.10 Å². The third-order valence-electron chi connectivity index (χ3n) is 1.23. The maximum Gasteiger partial charge on any atom is 0.236 e. The molecule has 0 saturated carbocycles. The van der Waals surface area contributed by atoms with Crippen molar-refractivity contribution in [3.05, 3.63) is 24.0 Å². The van der Waals surface area contributed by atoms with Gasteiger partial charge in [0.25, 0.3) is 0 Å². The highest BCUT2D eigenvalue weighted by Gasteiger charge is 1.95. The number of hydrogen-bond acceptors (Lipinski definition) is 4. The maximum atomic E-state index is 10.4. The molecule has 1 aromatic heterocycles. The fraction of sp³-hybridized carbons (Fsp3) is 0.125. The Morgan fingerprint density at radius 1 is 1.77 bits per heavy atom. The van der Waals surface area contributed by atoms with Crippen LogP contribution in [0, 0.1) is 0 Å². The molecule has 1 aromatic rings. The lowest BCUT2D eigenvalue weighted by Crippen LogP contribution is -2.12. The van der Waals surface area contributed by atoms with Crippen molar-refractivity contribution in [2.75, 3.05) is 0 Å². The standard InChI is InChI=1S/C8H9N3O2/c1-6(12)11-10-5-7-8(13)3-2-4-9-7/h2-5,13H,1H3,(H,11,12)/b10-5+. The van der Waals surface area contributed by atoms with Gasteiger partial charge in [0.15, 0.2) is 0 Å². The Labute approximate surface area is 75.1 Å². The first-order chi connectivity index (χ1) is 6.20. The lowest BCUT2D eigenvalue weighted by atomic mass is 10.3. The number of aromatic nitrogens is 1. The molecule has 2 N–H and O–H groups in total. The number of amides is 1. The summed E-state index contributed by atoms with van der Waals surface area (Å²) in [7, 11) is 0. The van der Waals surface area contributed by atoms with Gasteiger partial charge in [0.2, 0.25) is 5.91 Å². The lowest BCUT2D eigenvalue weighted by molar-refractivity contribution is -0.118. The number of carbonyl (C=O) groups excluding carboxylic acids is 1. The summed E-state index contributed by atoms with van der Waals surface area (Å²) in [6.07, 6.45) is 2.80. The van der Waals surface area contributed by atoms with Gasteiger partial charge >= 0.3 is 0 Å². The fourth-order valence-electron chi connectivity index (χ4n) is 0.693. The van der Waals surface area contributed by atoms with Crippen LogP contribution in [0.15, 0.2) is 23.4 Å². The Hall–Kier alpha value is -1.91. The molecule has 1 heterocycles. The predicted molar refractivity (Wildman–Crippen MR) is 47.3 cm³/mol. The van der Waals surface area contributed by atoms with E-state index in [1.165, 1.54) is 25.4 Å². The largest absolute Gasteiger partial charge is 0.506 e. The van der Waals surface area contributed by atoms with Crippen molar-refractivity contribution in [1.82, 2.24) is 10.4 Å². The van der Waals surface area contributed by atoms with E-state index in [0.717, 1.165) is 0 Å². The van der Waals surface area contributed by atoms with E-state index >= 15 is 0 Å². The molecule has 5 heteroatoms. The van der Waals surface area contributed by atoms with Gasteiger partial charge in [0.1, 0.15) is 11.4 Å². The first-order valence-electron chi connectivity index (χ1n) is 3.64. The quantitative estimate of drug-likeness (QED) is 0.505. The van der Waals surface area contributed by atoms with E-state index in [1.807, 2.05) is 0 Å². The molecular formula is C8H9N3O2. The molecule has 0 atom stereocenters. The van der Waals surface area contributed by atoms with Crippen LogP contribution in [-0.2, 0) is 4.79 Å². The fourth-order valence-corrected chi connectivity index (χ4v) is 0.693. The van der Waals surface area contributed by atoms with Crippen LogP contribution in [-0.4, -0.2) is 22.2 Å². The van der Waals surface area contributed by atoms with Crippen molar-refractivity contribution >= 4 is 12.1 Å². The zero-order valence-electron chi connectivity index (χ0n) is 7.06. The monoisotopic (exact) mass is 179 g/mol. The molecule has 0 fully saturated rings. The number of pyridine rings is 1. The number of nitrogens with one attached hydrogen (secondary N) is 1. The molecule has 0 aliphatic carbocycles. The van der Waals surface area contributed by atoms with E-state index in [0.29, 0.717) is 5.69 Å². The molecule has 0 spiro atoms. The summed E-state index contributed by atoms with van der Waals surface area (Å²) in [6.45, 7) is 1.34. The highest BCUT2D eigenvalue weighted by molar-refractivity contribution is 5.82. The molecule has 5 nitrogen and oxygen atoms in total. The minimum absolute atomic E-state index is 0.0246.